The summed E-state index contributed by atoms with van der Waals surface area (Å²) in [6, 6.07) is 6.21. The van der Waals surface area contributed by atoms with E-state index in [-0.39, 0.29) is 17.2 Å². The highest BCUT2D eigenvalue weighted by Crippen LogP contribution is 2.14. The predicted octanol–water partition coefficient (Wildman–Crippen LogP) is 2.33. The van der Waals surface area contributed by atoms with Crippen LogP contribution in [0.4, 0.5) is 0 Å². The summed E-state index contributed by atoms with van der Waals surface area (Å²) in [6.45, 7) is 1.88. The Bertz CT molecular complexity index is 613. The van der Waals surface area contributed by atoms with Gasteiger partial charge < -0.3 is 14.1 Å². The lowest BCUT2D eigenvalue weighted by Gasteiger charge is -2.14. The summed E-state index contributed by atoms with van der Waals surface area (Å²) in [6.07, 6.45) is 4.41. The van der Waals surface area contributed by atoms with Crippen LogP contribution < -0.4 is 5.56 Å². The number of hydrogen-bond donors (Lipinski definition) is 1. The van der Waals surface area contributed by atoms with Gasteiger partial charge in [-0.05, 0) is 31.5 Å². The Labute approximate surface area is 110 Å². The molecule has 0 spiro atoms. The summed E-state index contributed by atoms with van der Waals surface area (Å²) < 4.78 is 6.68. The molecule has 1 N–H and O–H groups in total. The van der Waals surface area contributed by atoms with Crippen molar-refractivity contribution in [3.8, 4) is 0 Å². The molecule has 0 saturated carbocycles. The molecule has 2 aromatic heterocycles. The van der Waals surface area contributed by atoms with Crippen molar-refractivity contribution in [3.05, 3.63) is 58.4 Å². The summed E-state index contributed by atoms with van der Waals surface area (Å²) in [7, 11) is 0. The van der Waals surface area contributed by atoms with Gasteiger partial charge in [-0.25, -0.2) is 4.79 Å². The number of aromatic carboxylic acids is 1. The highest BCUT2D eigenvalue weighted by molar-refractivity contribution is 5.87. The van der Waals surface area contributed by atoms with Crippen molar-refractivity contribution in [2.45, 2.75) is 25.8 Å². The van der Waals surface area contributed by atoms with Crippen molar-refractivity contribution in [3.63, 3.8) is 0 Å². The largest absolute Gasteiger partial charge is 0.478 e. The van der Waals surface area contributed by atoms with Crippen LogP contribution in [0.15, 0.2) is 45.9 Å². The monoisotopic (exact) mass is 261 g/mol. The number of carboxylic acid groups (broad SMARTS) is 1. The molecule has 5 heteroatoms. The van der Waals surface area contributed by atoms with E-state index >= 15 is 0 Å². The Morgan fingerprint density at radius 1 is 1.42 bits per heavy atom. The van der Waals surface area contributed by atoms with Crippen LogP contribution in [0.2, 0.25) is 0 Å². The first-order valence-corrected chi connectivity index (χ1v) is 6.06. The molecule has 0 aliphatic heterocycles. The molecule has 2 rings (SSSR count). The van der Waals surface area contributed by atoms with E-state index < -0.39 is 5.97 Å². The Morgan fingerprint density at radius 3 is 2.84 bits per heavy atom. The van der Waals surface area contributed by atoms with Crippen LogP contribution in [-0.2, 0) is 6.42 Å². The molecule has 2 heterocycles. The fourth-order valence-electron chi connectivity index (χ4n) is 1.92. The Hall–Kier alpha value is -2.30. The van der Waals surface area contributed by atoms with Crippen molar-refractivity contribution in [2.24, 2.45) is 0 Å². The third kappa shape index (κ3) is 3.13. The quantitative estimate of drug-likeness (QED) is 0.896. The van der Waals surface area contributed by atoms with E-state index in [1.54, 1.807) is 6.26 Å². The number of furan rings is 1. The molecule has 0 aliphatic carbocycles. The zero-order valence-corrected chi connectivity index (χ0v) is 10.6. The summed E-state index contributed by atoms with van der Waals surface area (Å²) in [4.78, 5) is 22.6. The van der Waals surface area contributed by atoms with Crippen molar-refractivity contribution in [1.29, 1.82) is 0 Å². The molecule has 19 heavy (non-hydrogen) atoms. The maximum atomic E-state index is 11.7. The van der Waals surface area contributed by atoms with Gasteiger partial charge in [-0.1, -0.05) is 0 Å². The molecule has 1 unspecified atom stereocenters. The van der Waals surface area contributed by atoms with Crippen molar-refractivity contribution >= 4 is 5.97 Å². The lowest BCUT2D eigenvalue weighted by atomic mass is 10.1. The molecule has 0 bridgehead atoms. The molecule has 100 valence electrons. The fraction of sp³-hybridized carbons (Fsp3) is 0.286. The summed E-state index contributed by atoms with van der Waals surface area (Å²) in [5.41, 5.74) is -0.0820. The maximum absolute atomic E-state index is 11.7. The van der Waals surface area contributed by atoms with Crippen LogP contribution in [0.3, 0.4) is 0 Å². The van der Waals surface area contributed by atoms with Crippen LogP contribution in [-0.4, -0.2) is 15.6 Å². The van der Waals surface area contributed by atoms with Crippen molar-refractivity contribution < 1.29 is 14.3 Å². The Kier molecular flexibility index (Phi) is 3.85. The zero-order valence-electron chi connectivity index (χ0n) is 10.6. The van der Waals surface area contributed by atoms with Crippen LogP contribution in [0.1, 0.15) is 35.5 Å². The van der Waals surface area contributed by atoms with Crippen molar-refractivity contribution in [1.82, 2.24) is 4.57 Å². The number of aromatic nitrogens is 1. The van der Waals surface area contributed by atoms with E-state index in [9.17, 15) is 9.59 Å². The van der Waals surface area contributed by atoms with Crippen LogP contribution >= 0.6 is 0 Å². The molecular formula is C14H15NO4. The first-order chi connectivity index (χ1) is 9.08. The number of rotatable bonds is 5. The number of carboxylic acids is 1. The first-order valence-electron chi connectivity index (χ1n) is 6.06. The molecule has 0 saturated heterocycles. The fourth-order valence-corrected chi connectivity index (χ4v) is 1.92. The molecule has 0 amide bonds. The molecule has 0 radical (unpaired) electrons. The number of hydrogen-bond acceptors (Lipinski definition) is 3. The Morgan fingerprint density at radius 2 is 2.21 bits per heavy atom. The first kappa shape index (κ1) is 13.1. The second-order valence-electron chi connectivity index (χ2n) is 4.44. The second kappa shape index (κ2) is 5.56. The maximum Gasteiger partial charge on any atom is 0.337 e. The van der Waals surface area contributed by atoms with Gasteiger partial charge in [0.15, 0.2) is 0 Å². The molecule has 0 aliphatic rings. The lowest BCUT2D eigenvalue weighted by molar-refractivity contribution is 0.0695. The number of pyridine rings is 1. The standard InChI is InChI=1S/C14H15NO4/c1-10(4-6-12-3-2-8-19-12)15-9-11(14(17)18)5-7-13(15)16/h2-3,5,7-10H,4,6H2,1H3,(H,17,18). The smallest absolute Gasteiger partial charge is 0.337 e. The van der Waals surface area contributed by atoms with Crippen molar-refractivity contribution in [2.75, 3.05) is 0 Å². The minimum Gasteiger partial charge on any atom is -0.478 e. The van der Waals surface area contributed by atoms with Crippen LogP contribution in [0, 0.1) is 0 Å². The predicted molar refractivity (Wildman–Crippen MR) is 69.4 cm³/mol. The molecule has 5 nitrogen and oxygen atoms in total. The molecule has 0 fully saturated rings. The van der Waals surface area contributed by atoms with Gasteiger partial charge in [0.2, 0.25) is 0 Å². The normalized spacial score (nSPS) is 12.3. The van der Waals surface area contributed by atoms with Gasteiger partial charge in [0.1, 0.15) is 5.76 Å². The highest BCUT2D eigenvalue weighted by atomic mass is 16.4. The third-order valence-corrected chi connectivity index (χ3v) is 3.05. The summed E-state index contributed by atoms with van der Waals surface area (Å²) in [5, 5.41) is 8.93. The summed E-state index contributed by atoms with van der Waals surface area (Å²) >= 11 is 0. The van der Waals surface area contributed by atoms with Gasteiger partial charge in [0, 0.05) is 24.7 Å². The van der Waals surface area contributed by atoms with E-state index in [4.69, 9.17) is 9.52 Å². The van der Waals surface area contributed by atoms with Gasteiger partial charge in [0.25, 0.3) is 5.56 Å². The third-order valence-electron chi connectivity index (χ3n) is 3.05. The van der Waals surface area contributed by atoms with E-state index in [2.05, 4.69) is 0 Å². The van der Waals surface area contributed by atoms with Gasteiger partial charge in [-0.3, -0.25) is 4.79 Å². The highest BCUT2D eigenvalue weighted by Gasteiger charge is 2.11. The van der Waals surface area contributed by atoms with Crippen LogP contribution in [0.25, 0.3) is 0 Å². The van der Waals surface area contributed by atoms with E-state index in [0.717, 1.165) is 5.76 Å². The molecular weight excluding hydrogens is 246 g/mol. The number of carbonyl (C=O) groups is 1. The number of aryl methyl sites for hydroxylation is 1. The molecule has 2 aromatic rings. The Balaban J connectivity index is 2.13. The second-order valence-corrected chi connectivity index (χ2v) is 4.44. The van der Waals surface area contributed by atoms with Gasteiger partial charge in [-0.15, -0.1) is 0 Å². The molecule has 0 aromatic carbocycles. The average molecular weight is 261 g/mol. The van der Waals surface area contributed by atoms with E-state index in [0.29, 0.717) is 12.8 Å². The minimum atomic E-state index is -1.04. The van der Waals surface area contributed by atoms with E-state index in [1.165, 1.54) is 22.9 Å². The summed E-state index contributed by atoms with van der Waals surface area (Å²) in [5.74, 6) is -0.179. The SMILES string of the molecule is CC(CCc1ccco1)n1cc(C(=O)O)ccc1=O. The lowest BCUT2D eigenvalue weighted by Crippen LogP contribution is -2.23. The number of nitrogens with zero attached hydrogens (tertiary/aromatic N) is 1. The molecule has 1 atom stereocenters. The zero-order chi connectivity index (χ0) is 13.8. The van der Waals surface area contributed by atoms with Gasteiger partial charge >= 0.3 is 5.97 Å². The van der Waals surface area contributed by atoms with E-state index in [1.807, 2.05) is 19.1 Å². The minimum absolute atomic E-state index is 0.0862. The van der Waals surface area contributed by atoms with Gasteiger partial charge in [-0.2, -0.15) is 0 Å². The average Bonchev–Trinajstić information content (AvgIpc) is 2.89. The van der Waals surface area contributed by atoms with Crippen LogP contribution in [0.5, 0.6) is 0 Å². The topological polar surface area (TPSA) is 72.4 Å². The van der Waals surface area contributed by atoms with Gasteiger partial charge in [0.05, 0.1) is 11.8 Å².